The molecule has 0 saturated carbocycles. The summed E-state index contributed by atoms with van der Waals surface area (Å²) in [7, 11) is 0. The van der Waals surface area contributed by atoms with Crippen molar-refractivity contribution in [1.29, 1.82) is 0 Å². The molecule has 0 bridgehead atoms. The number of nitrogens with one attached hydrogen (secondary N) is 1. The molecule has 1 atom stereocenters. The van der Waals surface area contributed by atoms with Gasteiger partial charge in [0.2, 0.25) is 5.88 Å². The van der Waals surface area contributed by atoms with Crippen molar-refractivity contribution < 1.29 is 5.11 Å². The summed E-state index contributed by atoms with van der Waals surface area (Å²) in [6.07, 6.45) is 0.363. The van der Waals surface area contributed by atoms with Crippen LogP contribution in [0.1, 0.15) is 36.6 Å². The van der Waals surface area contributed by atoms with E-state index in [1.54, 1.807) is 6.92 Å². The van der Waals surface area contributed by atoms with Crippen LogP contribution in [0.5, 0.6) is 5.88 Å². The van der Waals surface area contributed by atoms with Gasteiger partial charge >= 0.3 is 5.69 Å². The van der Waals surface area contributed by atoms with Gasteiger partial charge in [-0.3, -0.25) is 14.3 Å². The molecule has 0 fully saturated rings. The summed E-state index contributed by atoms with van der Waals surface area (Å²) in [5, 5.41) is 10.2. The van der Waals surface area contributed by atoms with Gasteiger partial charge in [0.05, 0.1) is 11.6 Å². The van der Waals surface area contributed by atoms with E-state index in [1.165, 1.54) is 4.57 Å². The van der Waals surface area contributed by atoms with Gasteiger partial charge in [-0.05, 0) is 25.8 Å². The molecule has 1 aromatic carbocycles. The van der Waals surface area contributed by atoms with Crippen molar-refractivity contribution in [3.05, 3.63) is 61.8 Å². The fourth-order valence-corrected chi connectivity index (χ4v) is 2.25. The van der Waals surface area contributed by atoms with Crippen LogP contribution in [0.3, 0.4) is 0 Å². The van der Waals surface area contributed by atoms with Crippen molar-refractivity contribution in [3.63, 3.8) is 0 Å². The predicted octanol–water partition coefficient (Wildman–Crippen LogP) is 1.72. The number of aromatic amines is 1. The molecule has 0 amide bonds. The molecule has 106 valence electrons. The second kappa shape index (κ2) is 5.36. The van der Waals surface area contributed by atoms with Crippen LogP contribution in [-0.4, -0.2) is 14.7 Å². The first kappa shape index (κ1) is 14.1. The first-order valence-electron chi connectivity index (χ1n) is 6.59. The first-order chi connectivity index (χ1) is 9.45. The van der Waals surface area contributed by atoms with E-state index in [9.17, 15) is 14.7 Å². The Morgan fingerprint density at radius 2 is 1.85 bits per heavy atom. The van der Waals surface area contributed by atoms with E-state index >= 15 is 0 Å². The van der Waals surface area contributed by atoms with Gasteiger partial charge in [0.1, 0.15) is 0 Å². The van der Waals surface area contributed by atoms with Crippen LogP contribution in [0.25, 0.3) is 0 Å². The van der Waals surface area contributed by atoms with E-state index in [0.29, 0.717) is 6.42 Å². The zero-order valence-corrected chi connectivity index (χ0v) is 11.8. The Labute approximate surface area is 116 Å². The summed E-state index contributed by atoms with van der Waals surface area (Å²) < 4.78 is 1.21. The van der Waals surface area contributed by atoms with Gasteiger partial charge in [-0.25, -0.2) is 4.79 Å². The number of aromatic nitrogens is 2. The van der Waals surface area contributed by atoms with E-state index in [-0.39, 0.29) is 17.5 Å². The van der Waals surface area contributed by atoms with Gasteiger partial charge < -0.3 is 5.11 Å². The molecule has 5 heteroatoms. The molecular formula is C15H18N2O3. The minimum absolute atomic E-state index is 0.226. The molecule has 0 saturated heterocycles. The number of hydrogen-bond donors (Lipinski definition) is 2. The number of H-pyrrole nitrogens is 1. The maximum atomic E-state index is 12.0. The highest BCUT2D eigenvalue weighted by Gasteiger charge is 2.18. The molecule has 2 aromatic rings. The van der Waals surface area contributed by atoms with Gasteiger partial charge in [0.25, 0.3) is 5.56 Å². The second-order valence-electron chi connectivity index (χ2n) is 4.87. The molecule has 2 N–H and O–H groups in total. The summed E-state index contributed by atoms with van der Waals surface area (Å²) in [6, 6.07) is 7.34. The molecule has 0 aliphatic heterocycles. The van der Waals surface area contributed by atoms with Gasteiger partial charge in [0, 0.05) is 0 Å². The predicted molar refractivity (Wildman–Crippen MR) is 77.4 cm³/mol. The third-order valence-corrected chi connectivity index (χ3v) is 3.51. The summed E-state index contributed by atoms with van der Waals surface area (Å²) in [5.41, 5.74) is 1.11. The largest absolute Gasteiger partial charge is 0.494 e. The maximum absolute atomic E-state index is 12.0. The Hall–Kier alpha value is -2.30. The molecule has 1 heterocycles. The topological polar surface area (TPSA) is 75.1 Å². The highest BCUT2D eigenvalue weighted by Crippen LogP contribution is 2.22. The second-order valence-corrected chi connectivity index (χ2v) is 4.87. The van der Waals surface area contributed by atoms with Crippen LogP contribution in [-0.2, 0) is 6.42 Å². The van der Waals surface area contributed by atoms with Crippen molar-refractivity contribution >= 4 is 0 Å². The summed E-state index contributed by atoms with van der Waals surface area (Å²) in [4.78, 5) is 25.8. The number of rotatable bonds is 3. The standard InChI is InChI=1S/C15H18N2O3/c1-4-12-13(18)16-15(20)17(14(12)19)10(3)11-7-5-9(2)6-8-11/h5-8,10,19H,4H2,1-3H3,(H,16,18,20). The van der Waals surface area contributed by atoms with E-state index in [4.69, 9.17) is 0 Å². The fourth-order valence-electron chi connectivity index (χ4n) is 2.25. The van der Waals surface area contributed by atoms with Gasteiger partial charge in [0.15, 0.2) is 0 Å². The minimum atomic E-state index is -0.599. The highest BCUT2D eigenvalue weighted by atomic mass is 16.3. The van der Waals surface area contributed by atoms with Gasteiger partial charge in [-0.2, -0.15) is 0 Å². The monoisotopic (exact) mass is 274 g/mol. The molecule has 0 radical (unpaired) electrons. The molecule has 0 spiro atoms. The molecule has 0 aliphatic rings. The average Bonchev–Trinajstić information content (AvgIpc) is 2.39. The number of hydrogen-bond acceptors (Lipinski definition) is 3. The lowest BCUT2D eigenvalue weighted by Crippen LogP contribution is -2.34. The van der Waals surface area contributed by atoms with E-state index in [0.717, 1.165) is 11.1 Å². The van der Waals surface area contributed by atoms with Crippen LogP contribution in [0, 0.1) is 6.92 Å². The van der Waals surface area contributed by atoms with Crippen molar-refractivity contribution in [3.8, 4) is 5.88 Å². The number of aromatic hydroxyl groups is 1. The Balaban J connectivity index is 2.60. The Kier molecular flexibility index (Phi) is 3.79. The number of aryl methyl sites for hydroxylation is 1. The summed E-state index contributed by atoms with van der Waals surface area (Å²) >= 11 is 0. The molecule has 20 heavy (non-hydrogen) atoms. The van der Waals surface area contributed by atoms with Crippen molar-refractivity contribution in [1.82, 2.24) is 9.55 Å². The van der Waals surface area contributed by atoms with Crippen molar-refractivity contribution in [2.45, 2.75) is 33.2 Å². The molecule has 0 aliphatic carbocycles. The Morgan fingerprint density at radius 3 is 2.40 bits per heavy atom. The van der Waals surface area contributed by atoms with Crippen LogP contribution in [0.2, 0.25) is 0 Å². The number of nitrogens with zero attached hydrogens (tertiary/aromatic N) is 1. The van der Waals surface area contributed by atoms with Crippen molar-refractivity contribution in [2.24, 2.45) is 0 Å². The summed E-state index contributed by atoms with van der Waals surface area (Å²) in [5.74, 6) is -0.255. The van der Waals surface area contributed by atoms with Crippen LogP contribution in [0.15, 0.2) is 33.9 Å². The molecule has 5 nitrogen and oxygen atoms in total. The molecular weight excluding hydrogens is 256 g/mol. The third-order valence-electron chi connectivity index (χ3n) is 3.51. The zero-order valence-electron chi connectivity index (χ0n) is 11.8. The third kappa shape index (κ3) is 2.39. The van der Waals surface area contributed by atoms with E-state index in [1.807, 2.05) is 38.1 Å². The molecule has 2 rings (SSSR count). The van der Waals surface area contributed by atoms with Crippen LogP contribution < -0.4 is 11.2 Å². The van der Waals surface area contributed by atoms with Gasteiger partial charge in [-0.15, -0.1) is 0 Å². The molecule has 1 aromatic heterocycles. The Morgan fingerprint density at radius 1 is 1.25 bits per heavy atom. The summed E-state index contributed by atoms with van der Waals surface area (Å²) in [6.45, 7) is 5.55. The lowest BCUT2D eigenvalue weighted by atomic mass is 10.1. The van der Waals surface area contributed by atoms with E-state index in [2.05, 4.69) is 4.98 Å². The van der Waals surface area contributed by atoms with Gasteiger partial charge in [-0.1, -0.05) is 36.8 Å². The maximum Gasteiger partial charge on any atom is 0.331 e. The van der Waals surface area contributed by atoms with Crippen LogP contribution in [0.4, 0.5) is 0 Å². The van der Waals surface area contributed by atoms with Crippen molar-refractivity contribution in [2.75, 3.05) is 0 Å². The lowest BCUT2D eigenvalue weighted by molar-refractivity contribution is 0.382. The average molecular weight is 274 g/mol. The minimum Gasteiger partial charge on any atom is -0.494 e. The smallest absolute Gasteiger partial charge is 0.331 e. The highest BCUT2D eigenvalue weighted by molar-refractivity contribution is 5.28. The first-order valence-corrected chi connectivity index (χ1v) is 6.59. The number of benzene rings is 1. The lowest BCUT2D eigenvalue weighted by Gasteiger charge is -2.18. The fraction of sp³-hybridized carbons (Fsp3) is 0.333. The zero-order chi connectivity index (χ0) is 14.9. The quantitative estimate of drug-likeness (QED) is 0.895. The SMILES string of the molecule is CCc1c(O)n(C(C)c2ccc(C)cc2)c(=O)[nH]c1=O. The van der Waals surface area contributed by atoms with E-state index < -0.39 is 11.2 Å². The normalized spacial score (nSPS) is 12.3. The molecule has 1 unspecified atom stereocenters. The Bertz CT molecular complexity index is 726. The van der Waals surface area contributed by atoms with Crippen LogP contribution >= 0.6 is 0 Å².